The lowest BCUT2D eigenvalue weighted by atomic mass is 10.1. The van der Waals surface area contributed by atoms with Crippen LogP contribution >= 0.6 is 11.8 Å². The molecule has 1 amide bonds. The zero-order valence-corrected chi connectivity index (χ0v) is 17.5. The Morgan fingerprint density at radius 3 is 2.59 bits per heavy atom. The van der Waals surface area contributed by atoms with Gasteiger partial charge in [-0.05, 0) is 50.1 Å². The van der Waals surface area contributed by atoms with Crippen molar-refractivity contribution in [2.75, 3.05) is 11.1 Å². The average Bonchev–Trinajstić information content (AvgIpc) is 3.02. The van der Waals surface area contributed by atoms with Crippen LogP contribution in [0.15, 0.2) is 65.7 Å². The maximum Gasteiger partial charge on any atom is 0.234 e. The van der Waals surface area contributed by atoms with E-state index in [2.05, 4.69) is 17.4 Å². The van der Waals surface area contributed by atoms with Crippen molar-refractivity contribution in [2.45, 2.75) is 25.8 Å². The summed E-state index contributed by atoms with van der Waals surface area (Å²) in [4.78, 5) is 17.2. The lowest BCUT2D eigenvalue weighted by Crippen LogP contribution is -2.14. The third kappa shape index (κ3) is 4.17. The number of carbonyl (C=O) groups is 1. The van der Waals surface area contributed by atoms with Crippen LogP contribution in [0.25, 0.3) is 16.8 Å². The van der Waals surface area contributed by atoms with Crippen molar-refractivity contribution in [3.63, 3.8) is 0 Å². The smallest absolute Gasteiger partial charge is 0.234 e. The molecule has 0 unspecified atom stereocenters. The van der Waals surface area contributed by atoms with Crippen molar-refractivity contribution < 1.29 is 4.79 Å². The maximum absolute atomic E-state index is 12.4. The Morgan fingerprint density at radius 2 is 1.83 bits per heavy atom. The molecule has 4 rings (SSSR count). The Labute approximate surface area is 174 Å². The van der Waals surface area contributed by atoms with Gasteiger partial charge in [-0.1, -0.05) is 54.2 Å². The van der Waals surface area contributed by atoms with Crippen LogP contribution in [0, 0.1) is 20.8 Å². The number of aromatic nitrogens is 3. The standard InChI is InChI=1S/C23H22N4OS/c1-15-8-7-11-19(12-15)25-20(28)14-29-21-13-16(2)24-23-22(17(3)26-27(21)23)18-9-5-4-6-10-18/h4-13H,14H2,1-3H3,(H,25,28). The number of fused-ring (bicyclic) bond motifs is 1. The fourth-order valence-corrected chi connectivity index (χ4v) is 4.17. The molecule has 0 saturated carbocycles. The second-order valence-electron chi connectivity index (χ2n) is 7.00. The number of amides is 1. The minimum absolute atomic E-state index is 0.0459. The zero-order chi connectivity index (χ0) is 20.4. The highest BCUT2D eigenvalue weighted by Gasteiger charge is 2.16. The van der Waals surface area contributed by atoms with Gasteiger partial charge in [0.1, 0.15) is 5.03 Å². The van der Waals surface area contributed by atoms with E-state index in [1.54, 1.807) is 0 Å². The predicted octanol–water partition coefficient (Wildman–Crippen LogP) is 5.05. The number of aryl methyl sites for hydroxylation is 3. The van der Waals surface area contributed by atoms with Crippen molar-refractivity contribution in [3.8, 4) is 11.1 Å². The summed E-state index contributed by atoms with van der Waals surface area (Å²) < 4.78 is 1.84. The molecular weight excluding hydrogens is 380 g/mol. The molecule has 6 heteroatoms. The van der Waals surface area contributed by atoms with E-state index in [1.165, 1.54) is 11.8 Å². The molecule has 146 valence electrons. The molecule has 2 aromatic heterocycles. The number of anilines is 1. The molecule has 1 N–H and O–H groups in total. The second-order valence-corrected chi connectivity index (χ2v) is 8.00. The molecule has 0 spiro atoms. The zero-order valence-electron chi connectivity index (χ0n) is 16.6. The van der Waals surface area contributed by atoms with Crippen LogP contribution in [0.5, 0.6) is 0 Å². The van der Waals surface area contributed by atoms with Crippen LogP contribution in [0.3, 0.4) is 0 Å². The highest BCUT2D eigenvalue weighted by Crippen LogP contribution is 2.30. The highest BCUT2D eigenvalue weighted by molar-refractivity contribution is 7.99. The first-order chi connectivity index (χ1) is 14.0. The van der Waals surface area contributed by atoms with Gasteiger partial charge >= 0.3 is 0 Å². The molecular formula is C23H22N4OS. The van der Waals surface area contributed by atoms with E-state index in [9.17, 15) is 4.79 Å². The molecule has 5 nitrogen and oxygen atoms in total. The summed E-state index contributed by atoms with van der Waals surface area (Å²) in [5.41, 5.74) is 6.67. The fourth-order valence-electron chi connectivity index (χ4n) is 3.32. The Kier molecular flexibility index (Phi) is 5.36. The molecule has 0 aliphatic carbocycles. The van der Waals surface area contributed by atoms with Crippen LogP contribution in [-0.4, -0.2) is 26.3 Å². The van der Waals surface area contributed by atoms with Crippen LogP contribution in [-0.2, 0) is 4.79 Å². The van der Waals surface area contributed by atoms with Crippen LogP contribution in [0.4, 0.5) is 5.69 Å². The first-order valence-corrected chi connectivity index (χ1v) is 10.4. The van der Waals surface area contributed by atoms with Crippen LogP contribution < -0.4 is 5.32 Å². The molecule has 0 aliphatic heterocycles. The van der Waals surface area contributed by atoms with E-state index in [0.717, 1.165) is 44.4 Å². The van der Waals surface area contributed by atoms with Gasteiger partial charge in [-0.2, -0.15) is 5.10 Å². The van der Waals surface area contributed by atoms with Gasteiger partial charge in [-0.15, -0.1) is 0 Å². The number of carbonyl (C=O) groups excluding carboxylic acids is 1. The SMILES string of the molecule is Cc1cccc(NC(=O)CSc2cc(C)nc3c(-c4ccccc4)c(C)nn23)c1. The van der Waals surface area contributed by atoms with Gasteiger partial charge in [0.2, 0.25) is 5.91 Å². The van der Waals surface area contributed by atoms with Crippen LogP contribution in [0.1, 0.15) is 17.0 Å². The van der Waals surface area contributed by atoms with E-state index in [1.807, 2.05) is 73.8 Å². The summed E-state index contributed by atoms with van der Waals surface area (Å²) in [6.07, 6.45) is 0. The number of nitrogens with one attached hydrogen (secondary N) is 1. The summed E-state index contributed by atoms with van der Waals surface area (Å²) in [7, 11) is 0. The van der Waals surface area contributed by atoms with Crippen LogP contribution in [0.2, 0.25) is 0 Å². The molecule has 2 aromatic carbocycles. The summed E-state index contributed by atoms with van der Waals surface area (Å²) in [6, 6.07) is 19.9. The molecule has 4 aromatic rings. The Bertz CT molecular complexity index is 1180. The largest absolute Gasteiger partial charge is 0.325 e. The van der Waals surface area contributed by atoms with E-state index >= 15 is 0 Å². The van der Waals surface area contributed by atoms with Gasteiger partial charge in [0.15, 0.2) is 5.65 Å². The summed E-state index contributed by atoms with van der Waals surface area (Å²) >= 11 is 1.46. The molecule has 0 radical (unpaired) electrons. The first-order valence-electron chi connectivity index (χ1n) is 9.43. The summed E-state index contributed by atoms with van der Waals surface area (Å²) in [6.45, 7) is 5.96. The fraction of sp³-hybridized carbons (Fsp3) is 0.174. The van der Waals surface area contributed by atoms with Gasteiger partial charge in [0.05, 0.1) is 11.4 Å². The third-order valence-electron chi connectivity index (χ3n) is 4.57. The Morgan fingerprint density at radius 1 is 1.03 bits per heavy atom. The van der Waals surface area contributed by atoms with Crippen molar-refractivity contribution in [3.05, 3.63) is 77.6 Å². The molecule has 0 saturated heterocycles. The van der Waals surface area contributed by atoms with E-state index in [0.29, 0.717) is 5.75 Å². The summed E-state index contributed by atoms with van der Waals surface area (Å²) in [5.74, 6) is 0.252. The number of hydrogen-bond donors (Lipinski definition) is 1. The Hall–Kier alpha value is -3.12. The van der Waals surface area contributed by atoms with Crippen molar-refractivity contribution >= 4 is 29.0 Å². The molecule has 0 aliphatic rings. The van der Waals surface area contributed by atoms with Gasteiger partial charge < -0.3 is 5.32 Å². The average molecular weight is 403 g/mol. The number of hydrogen-bond acceptors (Lipinski definition) is 4. The Balaban J connectivity index is 1.60. The lowest BCUT2D eigenvalue weighted by Gasteiger charge is -2.08. The molecule has 0 fully saturated rings. The summed E-state index contributed by atoms with van der Waals surface area (Å²) in [5, 5.41) is 8.56. The quantitative estimate of drug-likeness (QED) is 0.375. The van der Waals surface area contributed by atoms with E-state index in [4.69, 9.17) is 10.1 Å². The van der Waals surface area contributed by atoms with Gasteiger partial charge in [-0.3, -0.25) is 4.79 Å². The van der Waals surface area contributed by atoms with Crippen molar-refractivity contribution in [2.24, 2.45) is 0 Å². The number of thioether (sulfide) groups is 1. The third-order valence-corrected chi connectivity index (χ3v) is 5.57. The number of nitrogens with zero attached hydrogens (tertiary/aromatic N) is 3. The lowest BCUT2D eigenvalue weighted by molar-refractivity contribution is -0.113. The number of rotatable bonds is 5. The minimum atomic E-state index is -0.0459. The molecule has 0 atom stereocenters. The minimum Gasteiger partial charge on any atom is -0.325 e. The van der Waals surface area contributed by atoms with Gasteiger partial charge in [0.25, 0.3) is 0 Å². The monoisotopic (exact) mass is 402 g/mol. The van der Waals surface area contributed by atoms with E-state index in [-0.39, 0.29) is 5.91 Å². The first kappa shape index (κ1) is 19.2. The highest BCUT2D eigenvalue weighted by atomic mass is 32.2. The molecule has 0 bridgehead atoms. The van der Waals surface area contributed by atoms with E-state index < -0.39 is 0 Å². The van der Waals surface area contributed by atoms with Gasteiger partial charge in [-0.25, -0.2) is 9.50 Å². The number of benzene rings is 2. The molecule has 2 heterocycles. The van der Waals surface area contributed by atoms with Crippen molar-refractivity contribution in [1.29, 1.82) is 0 Å². The van der Waals surface area contributed by atoms with Crippen molar-refractivity contribution in [1.82, 2.24) is 14.6 Å². The topological polar surface area (TPSA) is 59.3 Å². The van der Waals surface area contributed by atoms with Gasteiger partial charge in [0, 0.05) is 16.9 Å². The normalized spacial score (nSPS) is 11.0. The predicted molar refractivity (Wildman–Crippen MR) is 118 cm³/mol. The maximum atomic E-state index is 12.4. The second kappa shape index (κ2) is 8.09. The molecule has 29 heavy (non-hydrogen) atoms.